The lowest BCUT2D eigenvalue weighted by molar-refractivity contribution is -0.389. The lowest BCUT2D eigenvalue weighted by Crippen LogP contribution is -2.36. The number of nitrogens with zero attached hydrogens (tertiary/aromatic N) is 5. The van der Waals surface area contributed by atoms with Crippen molar-refractivity contribution in [3.05, 3.63) is 32.5 Å². The molecule has 1 saturated carbocycles. The maximum absolute atomic E-state index is 12.1. The minimum absolute atomic E-state index is 0.101. The van der Waals surface area contributed by atoms with E-state index in [4.69, 9.17) is 16.1 Å². The van der Waals surface area contributed by atoms with Crippen molar-refractivity contribution >= 4 is 29.2 Å². The summed E-state index contributed by atoms with van der Waals surface area (Å²) in [6.45, 7) is 1.58. The third kappa shape index (κ3) is 5.12. The van der Waals surface area contributed by atoms with Crippen LogP contribution < -0.4 is 10.6 Å². The number of carbonyl (C=O) groups excluding carboxylic acids is 2. The monoisotopic (exact) mass is 439 g/mol. The fourth-order valence-electron chi connectivity index (χ4n) is 3.28. The van der Waals surface area contributed by atoms with Gasteiger partial charge in [-0.15, -0.1) is 0 Å². The summed E-state index contributed by atoms with van der Waals surface area (Å²) in [5.41, 5.74) is 0.317. The standard InChI is InChI=1S/C17H22ClN7O5/c1-10-13(18)15(25(28)29)22-24(10)9-12(26)19-7-8-20-16(27)17-21-14(23-30-17)11-5-3-2-4-6-11/h11H,2-9H2,1H3,(H,19,26)(H,20,27). The Hall–Kier alpha value is -3.02. The Morgan fingerprint density at radius 3 is 2.63 bits per heavy atom. The van der Waals surface area contributed by atoms with Crippen molar-refractivity contribution < 1.29 is 19.0 Å². The second-order valence-electron chi connectivity index (χ2n) is 7.04. The van der Waals surface area contributed by atoms with Crippen LogP contribution in [0.25, 0.3) is 0 Å². The van der Waals surface area contributed by atoms with Crippen molar-refractivity contribution in [2.24, 2.45) is 0 Å². The minimum atomic E-state index is -0.712. The molecule has 0 atom stereocenters. The predicted octanol–water partition coefficient (Wildman–Crippen LogP) is 1.73. The van der Waals surface area contributed by atoms with Crippen molar-refractivity contribution in [1.82, 2.24) is 30.6 Å². The maximum Gasteiger partial charge on any atom is 0.408 e. The Bertz CT molecular complexity index is 935. The molecule has 2 aromatic heterocycles. The molecule has 0 saturated heterocycles. The van der Waals surface area contributed by atoms with E-state index in [1.54, 1.807) is 0 Å². The van der Waals surface area contributed by atoms with Crippen LogP contribution in [0.3, 0.4) is 0 Å². The largest absolute Gasteiger partial charge is 0.408 e. The lowest BCUT2D eigenvalue weighted by Gasteiger charge is -2.17. The second kappa shape index (κ2) is 9.65. The van der Waals surface area contributed by atoms with Gasteiger partial charge in [0.2, 0.25) is 5.91 Å². The lowest BCUT2D eigenvalue weighted by atomic mass is 9.89. The van der Waals surface area contributed by atoms with Crippen LogP contribution in [0.4, 0.5) is 5.82 Å². The van der Waals surface area contributed by atoms with Crippen LogP contribution in [0.15, 0.2) is 4.52 Å². The molecule has 3 rings (SSSR count). The van der Waals surface area contributed by atoms with Gasteiger partial charge in [-0.2, -0.15) is 9.67 Å². The number of carbonyl (C=O) groups is 2. The van der Waals surface area contributed by atoms with Crippen LogP contribution in [-0.4, -0.2) is 49.7 Å². The van der Waals surface area contributed by atoms with Crippen LogP contribution >= 0.6 is 11.6 Å². The van der Waals surface area contributed by atoms with E-state index in [0.29, 0.717) is 11.5 Å². The van der Waals surface area contributed by atoms with Gasteiger partial charge in [0.25, 0.3) is 0 Å². The molecule has 12 nitrogen and oxygen atoms in total. The Labute approximate surface area is 176 Å². The smallest absolute Gasteiger partial charge is 0.358 e. The molecule has 13 heteroatoms. The van der Waals surface area contributed by atoms with E-state index in [9.17, 15) is 19.7 Å². The van der Waals surface area contributed by atoms with Crippen molar-refractivity contribution in [1.29, 1.82) is 0 Å². The summed E-state index contributed by atoms with van der Waals surface area (Å²) < 4.78 is 6.20. The van der Waals surface area contributed by atoms with E-state index in [1.807, 2.05) is 0 Å². The minimum Gasteiger partial charge on any atom is -0.358 e. The van der Waals surface area contributed by atoms with Crippen LogP contribution in [-0.2, 0) is 11.3 Å². The third-order valence-electron chi connectivity index (χ3n) is 4.92. The topological polar surface area (TPSA) is 158 Å². The first-order chi connectivity index (χ1) is 14.4. The van der Waals surface area contributed by atoms with Gasteiger partial charge >= 0.3 is 17.6 Å². The van der Waals surface area contributed by atoms with Gasteiger partial charge < -0.3 is 25.3 Å². The first-order valence-electron chi connectivity index (χ1n) is 9.62. The summed E-state index contributed by atoms with van der Waals surface area (Å²) >= 11 is 5.84. The van der Waals surface area contributed by atoms with Crippen molar-refractivity contribution in [3.63, 3.8) is 0 Å². The average Bonchev–Trinajstić information content (AvgIpc) is 3.33. The number of aromatic nitrogens is 4. The van der Waals surface area contributed by atoms with E-state index in [0.717, 1.165) is 30.4 Å². The molecule has 1 fully saturated rings. The highest BCUT2D eigenvalue weighted by atomic mass is 35.5. The molecule has 2 amide bonds. The fourth-order valence-corrected chi connectivity index (χ4v) is 3.48. The summed E-state index contributed by atoms with van der Waals surface area (Å²) in [7, 11) is 0. The van der Waals surface area contributed by atoms with Crippen LogP contribution in [0, 0.1) is 17.0 Å². The molecule has 162 valence electrons. The summed E-state index contributed by atoms with van der Waals surface area (Å²) in [5, 5.41) is 23.5. The number of amides is 2. The van der Waals surface area contributed by atoms with E-state index in [2.05, 4.69) is 25.9 Å². The summed E-state index contributed by atoms with van der Waals surface area (Å²) in [6, 6.07) is 0. The first-order valence-corrected chi connectivity index (χ1v) is 10.0. The molecular formula is C17H22ClN7O5. The second-order valence-corrected chi connectivity index (χ2v) is 7.41. The highest BCUT2D eigenvalue weighted by molar-refractivity contribution is 6.33. The molecule has 1 aliphatic carbocycles. The molecule has 2 heterocycles. The zero-order chi connectivity index (χ0) is 21.7. The van der Waals surface area contributed by atoms with Gasteiger partial charge in [0.1, 0.15) is 6.54 Å². The Morgan fingerprint density at radius 2 is 1.97 bits per heavy atom. The van der Waals surface area contributed by atoms with Crippen LogP contribution in [0.1, 0.15) is 60.2 Å². The molecule has 0 spiro atoms. The molecule has 0 unspecified atom stereocenters. The van der Waals surface area contributed by atoms with E-state index in [1.165, 1.54) is 13.3 Å². The number of rotatable bonds is 8. The highest BCUT2D eigenvalue weighted by Crippen LogP contribution is 2.30. The van der Waals surface area contributed by atoms with Gasteiger partial charge in [0.15, 0.2) is 10.8 Å². The van der Waals surface area contributed by atoms with Gasteiger partial charge in [-0.25, -0.2) is 0 Å². The number of halogens is 1. The summed E-state index contributed by atoms with van der Waals surface area (Å²) in [4.78, 5) is 38.4. The molecule has 0 aliphatic heterocycles. The van der Waals surface area contributed by atoms with E-state index < -0.39 is 22.6 Å². The Balaban J connectivity index is 1.42. The highest BCUT2D eigenvalue weighted by Gasteiger charge is 2.25. The Kier molecular flexibility index (Phi) is 6.98. The van der Waals surface area contributed by atoms with Gasteiger partial charge in [0.05, 0.1) is 10.8 Å². The molecule has 0 radical (unpaired) electrons. The van der Waals surface area contributed by atoms with Crippen LogP contribution in [0.5, 0.6) is 0 Å². The zero-order valence-corrected chi connectivity index (χ0v) is 17.1. The fraction of sp³-hybridized carbons (Fsp3) is 0.588. The van der Waals surface area contributed by atoms with Gasteiger partial charge in [-0.05, 0) is 24.7 Å². The zero-order valence-electron chi connectivity index (χ0n) is 16.4. The molecule has 2 N–H and O–H groups in total. The average molecular weight is 440 g/mol. The predicted molar refractivity (Wildman–Crippen MR) is 104 cm³/mol. The number of hydrogen-bond acceptors (Lipinski definition) is 8. The van der Waals surface area contributed by atoms with Gasteiger partial charge in [-0.1, -0.05) is 36.0 Å². The van der Waals surface area contributed by atoms with Crippen molar-refractivity contribution in [2.75, 3.05) is 13.1 Å². The van der Waals surface area contributed by atoms with Gasteiger partial charge in [0, 0.05) is 19.0 Å². The molecule has 0 bridgehead atoms. The third-order valence-corrected chi connectivity index (χ3v) is 5.36. The normalized spacial score (nSPS) is 14.5. The van der Waals surface area contributed by atoms with E-state index >= 15 is 0 Å². The molecule has 30 heavy (non-hydrogen) atoms. The number of nitro groups is 1. The summed E-state index contributed by atoms with van der Waals surface area (Å²) in [6.07, 6.45) is 5.45. The molecular weight excluding hydrogens is 418 g/mol. The van der Waals surface area contributed by atoms with Crippen molar-refractivity contribution in [3.8, 4) is 0 Å². The van der Waals surface area contributed by atoms with E-state index in [-0.39, 0.29) is 36.5 Å². The van der Waals surface area contributed by atoms with Crippen molar-refractivity contribution in [2.45, 2.75) is 51.5 Å². The Morgan fingerprint density at radius 1 is 1.27 bits per heavy atom. The SMILES string of the molecule is Cc1c(Cl)c([N+](=O)[O-])nn1CC(=O)NCCNC(=O)c1nc(C2CCCCC2)no1. The number of hydrogen-bond donors (Lipinski definition) is 2. The molecule has 0 aromatic carbocycles. The first kappa shape index (κ1) is 21.7. The summed E-state index contributed by atoms with van der Waals surface area (Å²) in [5.74, 6) is -0.741. The quantitative estimate of drug-likeness (QED) is 0.357. The maximum atomic E-state index is 12.1. The molecule has 2 aromatic rings. The molecule has 1 aliphatic rings. The number of nitrogens with one attached hydrogen (secondary N) is 2. The van der Waals surface area contributed by atoms with Crippen LogP contribution in [0.2, 0.25) is 5.02 Å². The van der Waals surface area contributed by atoms with Gasteiger partial charge in [-0.3, -0.25) is 9.59 Å².